The van der Waals surface area contributed by atoms with Crippen LogP contribution in [0.3, 0.4) is 0 Å². The van der Waals surface area contributed by atoms with E-state index in [9.17, 15) is 0 Å². The molecule has 2 nitrogen and oxygen atoms in total. The quantitative estimate of drug-likeness (QED) is 0.724. The Bertz CT molecular complexity index is 524. The summed E-state index contributed by atoms with van der Waals surface area (Å²) in [5, 5.41) is 2.48. The Labute approximate surface area is 122 Å². The second-order valence-corrected chi connectivity index (χ2v) is 7.84. The highest BCUT2D eigenvalue weighted by atomic mass is 32.1. The molecule has 2 aromatic heterocycles. The SMILES string of the molecule is Cc1nc2c(s1)CCC2.Cc1nc2c(s1)CCCC2. The van der Waals surface area contributed by atoms with Gasteiger partial charge in [0.2, 0.25) is 0 Å². The normalized spacial score (nSPS) is 16.5. The minimum atomic E-state index is 1.22. The van der Waals surface area contributed by atoms with E-state index in [0.717, 1.165) is 0 Å². The predicted octanol–water partition coefficient (Wildman–Crippen LogP) is 4.27. The van der Waals surface area contributed by atoms with Crippen molar-refractivity contribution in [2.75, 3.05) is 0 Å². The van der Waals surface area contributed by atoms with Crippen molar-refractivity contribution >= 4 is 22.7 Å². The summed E-state index contributed by atoms with van der Waals surface area (Å²) in [6.45, 7) is 4.19. The van der Waals surface area contributed by atoms with Crippen LogP contribution >= 0.6 is 22.7 Å². The fourth-order valence-corrected chi connectivity index (χ4v) is 4.85. The molecule has 2 heterocycles. The second kappa shape index (κ2) is 5.71. The maximum absolute atomic E-state index is 4.47. The standard InChI is InChI=1S/C8H11NS.C7H9NS/c1-6-9-7-4-2-3-5-8(7)10-6;1-5-8-6-3-2-4-7(6)9-5/h2-5H2,1H3;2-4H2,1H3. The maximum Gasteiger partial charge on any atom is 0.0900 e. The third-order valence-corrected chi connectivity index (χ3v) is 5.80. The molecule has 2 aromatic rings. The van der Waals surface area contributed by atoms with Crippen LogP contribution in [0.2, 0.25) is 0 Å². The molecule has 4 heteroatoms. The number of hydrogen-bond donors (Lipinski definition) is 0. The molecule has 102 valence electrons. The molecule has 0 atom stereocenters. The lowest BCUT2D eigenvalue weighted by molar-refractivity contribution is 0.681. The van der Waals surface area contributed by atoms with Gasteiger partial charge in [0.15, 0.2) is 0 Å². The molecule has 0 spiro atoms. The van der Waals surface area contributed by atoms with Gasteiger partial charge in [-0.15, -0.1) is 22.7 Å². The summed E-state index contributed by atoms with van der Waals surface area (Å²) in [6, 6.07) is 0. The van der Waals surface area contributed by atoms with Crippen molar-refractivity contribution in [2.45, 2.75) is 58.8 Å². The van der Waals surface area contributed by atoms with E-state index in [-0.39, 0.29) is 0 Å². The lowest BCUT2D eigenvalue weighted by atomic mass is 10.0. The van der Waals surface area contributed by atoms with E-state index in [2.05, 4.69) is 23.8 Å². The number of thiazole rings is 2. The fraction of sp³-hybridized carbons (Fsp3) is 0.600. The maximum atomic E-state index is 4.47. The summed E-state index contributed by atoms with van der Waals surface area (Å²) < 4.78 is 0. The molecule has 0 fully saturated rings. The smallest absolute Gasteiger partial charge is 0.0900 e. The molecule has 0 saturated heterocycles. The summed E-state index contributed by atoms with van der Waals surface area (Å²) >= 11 is 3.74. The molecule has 0 aromatic carbocycles. The van der Waals surface area contributed by atoms with Gasteiger partial charge in [-0.3, -0.25) is 0 Å². The van der Waals surface area contributed by atoms with Gasteiger partial charge in [0.25, 0.3) is 0 Å². The number of aryl methyl sites for hydroxylation is 6. The van der Waals surface area contributed by atoms with Crippen molar-refractivity contribution in [3.05, 3.63) is 31.2 Å². The Balaban J connectivity index is 0.000000117. The number of hydrogen-bond acceptors (Lipinski definition) is 4. The molecule has 19 heavy (non-hydrogen) atoms. The summed E-state index contributed by atoms with van der Waals surface area (Å²) in [4.78, 5) is 12.0. The van der Waals surface area contributed by atoms with E-state index in [0.29, 0.717) is 0 Å². The lowest BCUT2D eigenvalue weighted by Gasteiger charge is -2.06. The van der Waals surface area contributed by atoms with E-state index in [1.54, 1.807) is 4.88 Å². The van der Waals surface area contributed by atoms with Crippen LogP contribution < -0.4 is 0 Å². The molecule has 4 rings (SSSR count). The molecule has 2 aliphatic rings. The Morgan fingerprint density at radius 2 is 1.16 bits per heavy atom. The van der Waals surface area contributed by atoms with Gasteiger partial charge >= 0.3 is 0 Å². The van der Waals surface area contributed by atoms with Gasteiger partial charge in [-0.1, -0.05) is 0 Å². The number of rotatable bonds is 0. The fourth-order valence-electron chi connectivity index (χ4n) is 2.80. The van der Waals surface area contributed by atoms with E-state index in [4.69, 9.17) is 0 Å². The topological polar surface area (TPSA) is 25.8 Å². The first-order valence-corrected chi connectivity index (χ1v) is 8.76. The van der Waals surface area contributed by atoms with Gasteiger partial charge in [-0.25, -0.2) is 9.97 Å². The van der Waals surface area contributed by atoms with Crippen LogP contribution in [0.15, 0.2) is 0 Å². The van der Waals surface area contributed by atoms with Crippen molar-refractivity contribution in [1.29, 1.82) is 0 Å². The molecule has 0 amide bonds. The van der Waals surface area contributed by atoms with Crippen molar-refractivity contribution in [3.8, 4) is 0 Å². The average molecular weight is 292 g/mol. The number of fused-ring (bicyclic) bond motifs is 2. The number of aromatic nitrogens is 2. The lowest BCUT2D eigenvalue weighted by Crippen LogP contribution is -1.98. The molecule has 0 radical (unpaired) electrons. The monoisotopic (exact) mass is 292 g/mol. The largest absolute Gasteiger partial charge is 0.246 e. The van der Waals surface area contributed by atoms with Crippen LogP contribution in [0.5, 0.6) is 0 Å². The van der Waals surface area contributed by atoms with Gasteiger partial charge in [0.05, 0.1) is 21.4 Å². The van der Waals surface area contributed by atoms with Crippen molar-refractivity contribution in [2.24, 2.45) is 0 Å². The van der Waals surface area contributed by atoms with Crippen LogP contribution in [-0.2, 0) is 25.7 Å². The highest BCUT2D eigenvalue weighted by molar-refractivity contribution is 7.12. The first kappa shape index (κ1) is 13.3. The van der Waals surface area contributed by atoms with Gasteiger partial charge in [0.1, 0.15) is 0 Å². The van der Waals surface area contributed by atoms with E-state index in [1.807, 2.05) is 22.7 Å². The predicted molar refractivity (Wildman–Crippen MR) is 82.4 cm³/mol. The van der Waals surface area contributed by atoms with Crippen LogP contribution in [0.1, 0.15) is 50.4 Å². The molecular weight excluding hydrogens is 272 g/mol. The zero-order chi connectivity index (χ0) is 13.2. The Hall–Kier alpha value is -0.740. The van der Waals surface area contributed by atoms with Gasteiger partial charge in [0, 0.05) is 9.75 Å². The average Bonchev–Trinajstić information content (AvgIpc) is 3.02. The van der Waals surface area contributed by atoms with Crippen LogP contribution in [0, 0.1) is 13.8 Å². The van der Waals surface area contributed by atoms with Crippen LogP contribution in [0.4, 0.5) is 0 Å². The Morgan fingerprint density at radius 1 is 0.684 bits per heavy atom. The third kappa shape index (κ3) is 3.06. The molecule has 0 saturated carbocycles. The minimum Gasteiger partial charge on any atom is -0.246 e. The summed E-state index contributed by atoms with van der Waals surface area (Å²) in [5.74, 6) is 0. The first-order valence-electron chi connectivity index (χ1n) is 7.13. The summed E-state index contributed by atoms with van der Waals surface area (Å²) in [6.07, 6.45) is 9.04. The first-order chi connectivity index (χ1) is 9.22. The Kier molecular flexibility index (Phi) is 3.99. The molecule has 0 aliphatic heterocycles. The van der Waals surface area contributed by atoms with Crippen LogP contribution in [-0.4, -0.2) is 9.97 Å². The van der Waals surface area contributed by atoms with E-state index >= 15 is 0 Å². The van der Waals surface area contributed by atoms with Gasteiger partial charge in [-0.2, -0.15) is 0 Å². The molecule has 0 unspecified atom stereocenters. The van der Waals surface area contributed by atoms with Crippen molar-refractivity contribution < 1.29 is 0 Å². The summed E-state index contributed by atoms with van der Waals surface area (Å²) in [5.41, 5.74) is 2.76. The van der Waals surface area contributed by atoms with Crippen LogP contribution in [0.25, 0.3) is 0 Å². The Morgan fingerprint density at radius 3 is 1.74 bits per heavy atom. The third-order valence-electron chi connectivity index (χ3n) is 3.66. The van der Waals surface area contributed by atoms with Crippen molar-refractivity contribution in [3.63, 3.8) is 0 Å². The van der Waals surface area contributed by atoms with E-state index in [1.165, 1.54) is 71.2 Å². The molecule has 0 N–H and O–H groups in total. The minimum absolute atomic E-state index is 1.22. The van der Waals surface area contributed by atoms with Crippen molar-refractivity contribution in [1.82, 2.24) is 9.97 Å². The molecular formula is C15H20N2S2. The van der Waals surface area contributed by atoms with Gasteiger partial charge in [-0.05, 0) is 58.8 Å². The highest BCUT2D eigenvalue weighted by Crippen LogP contribution is 2.27. The number of nitrogens with zero attached hydrogens (tertiary/aromatic N) is 2. The second-order valence-electron chi connectivity index (χ2n) is 5.27. The molecule has 2 aliphatic carbocycles. The molecule has 0 bridgehead atoms. The summed E-state index contributed by atoms with van der Waals surface area (Å²) in [7, 11) is 0. The zero-order valence-corrected chi connectivity index (χ0v) is 13.3. The van der Waals surface area contributed by atoms with E-state index < -0.39 is 0 Å². The van der Waals surface area contributed by atoms with Gasteiger partial charge < -0.3 is 0 Å². The zero-order valence-electron chi connectivity index (χ0n) is 11.7. The highest BCUT2D eigenvalue weighted by Gasteiger charge is 2.14.